The zero-order valence-electron chi connectivity index (χ0n) is 14.0. The SMILES string of the molecule is CCN(CC(=O)Nc1c(Cl)cccc1Cl)S(=O)(=O)/C=C/c1ccccc1. The van der Waals surface area contributed by atoms with E-state index in [0.717, 1.165) is 15.3 Å². The van der Waals surface area contributed by atoms with Gasteiger partial charge >= 0.3 is 0 Å². The fourth-order valence-electron chi connectivity index (χ4n) is 2.15. The highest BCUT2D eigenvalue weighted by Gasteiger charge is 2.21. The van der Waals surface area contributed by atoms with Gasteiger partial charge in [0, 0.05) is 12.0 Å². The lowest BCUT2D eigenvalue weighted by Gasteiger charge is -2.18. The maximum atomic E-state index is 12.5. The lowest BCUT2D eigenvalue weighted by Crippen LogP contribution is -2.36. The summed E-state index contributed by atoms with van der Waals surface area (Å²) in [4.78, 5) is 12.2. The third kappa shape index (κ3) is 5.57. The second-order valence-corrected chi connectivity index (χ2v) is 7.96. The third-order valence-corrected chi connectivity index (χ3v) is 5.71. The van der Waals surface area contributed by atoms with Crippen LogP contribution in [0.1, 0.15) is 12.5 Å². The summed E-state index contributed by atoms with van der Waals surface area (Å²) < 4.78 is 26.0. The highest BCUT2D eigenvalue weighted by atomic mass is 35.5. The highest BCUT2D eigenvalue weighted by Crippen LogP contribution is 2.29. The highest BCUT2D eigenvalue weighted by molar-refractivity contribution is 7.92. The molecule has 8 heteroatoms. The van der Waals surface area contributed by atoms with Crippen LogP contribution in [-0.2, 0) is 14.8 Å². The molecule has 138 valence electrons. The Morgan fingerprint density at radius 1 is 1.08 bits per heavy atom. The monoisotopic (exact) mass is 412 g/mol. The van der Waals surface area contributed by atoms with Crippen molar-refractivity contribution in [3.63, 3.8) is 0 Å². The van der Waals surface area contributed by atoms with Crippen molar-refractivity contribution < 1.29 is 13.2 Å². The molecule has 0 bridgehead atoms. The van der Waals surface area contributed by atoms with Crippen LogP contribution in [-0.4, -0.2) is 31.7 Å². The van der Waals surface area contributed by atoms with Crippen LogP contribution in [0.3, 0.4) is 0 Å². The van der Waals surface area contributed by atoms with Crippen LogP contribution in [0.4, 0.5) is 5.69 Å². The molecule has 0 aliphatic heterocycles. The topological polar surface area (TPSA) is 66.5 Å². The molecule has 2 aromatic carbocycles. The summed E-state index contributed by atoms with van der Waals surface area (Å²) in [6.07, 6.45) is 1.49. The van der Waals surface area contributed by atoms with Gasteiger partial charge in [-0.15, -0.1) is 0 Å². The zero-order valence-corrected chi connectivity index (χ0v) is 16.4. The summed E-state index contributed by atoms with van der Waals surface area (Å²) in [6, 6.07) is 13.9. The molecule has 2 rings (SSSR count). The van der Waals surface area contributed by atoms with Crippen LogP contribution < -0.4 is 5.32 Å². The van der Waals surface area contributed by atoms with Crippen LogP contribution in [0.15, 0.2) is 53.9 Å². The van der Waals surface area contributed by atoms with Gasteiger partial charge in [0.05, 0.1) is 22.3 Å². The van der Waals surface area contributed by atoms with Crippen molar-refractivity contribution in [1.82, 2.24) is 4.31 Å². The molecular weight excluding hydrogens is 395 g/mol. The first-order valence-electron chi connectivity index (χ1n) is 7.80. The van der Waals surface area contributed by atoms with E-state index in [0.29, 0.717) is 0 Å². The van der Waals surface area contributed by atoms with Crippen molar-refractivity contribution in [2.75, 3.05) is 18.4 Å². The number of halogens is 2. The Bertz CT molecular complexity index is 880. The summed E-state index contributed by atoms with van der Waals surface area (Å²) >= 11 is 12.0. The number of benzene rings is 2. The Morgan fingerprint density at radius 3 is 2.27 bits per heavy atom. The van der Waals surface area contributed by atoms with Crippen molar-refractivity contribution in [2.45, 2.75) is 6.92 Å². The number of sulfonamides is 1. The van der Waals surface area contributed by atoms with Crippen LogP contribution in [0, 0.1) is 0 Å². The van der Waals surface area contributed by atoms with Gasteiger partial charge in [0.2, 0.25) is 15.9 Å². The Balaban J connectivity index is 2.10. The average Bonchev–Trinajstić information content (AvgIpc) is 2.62. The predicted octanol–water partition coefficient (Wildman–Crippen LogP) is 4.25. The lowest BCUT2D eigenvalue weighted by atomic mass is 10.2. The van der Waals surface area contributed by atoms with E-state index in [4.69, 9.17) is 23.2 Å². The zero-order chi connectivity index (χ0) is 19.2. The van der Waals surface area contributed by atoms with E-state index in [2.05, 4.69) is 5.32 Å². The molecule has 2 aromatic rings. The maximum absolute atomic E-state index is 12.5. The van der Waals surface area contributed by atoms with E-state index in [1.165, 1.54) is 6.08 Å². The van der Waals surface area contributed by atoms with Crippen molar-refractivity contribution >= 4 is 50.9 Å². The molecule has 0 aliphatic rings. The van der Waals surface area contributed by atoms with Gasteiger partial charge in [-0.2, -0.15) is 4.31 Å². The van der Waals surface area contributed by atoms with Gasteiger partial charge in [-0.25, -0.2) is 8.42 Å². The molecule has 0 fully saturated rings. The number of hydrogen-bond donors (Lipinski definition) is 1. The molecule has 1 N–H and O–H groups in total. The minimum atomic E-state index is -3.75. The molecule has 0 saturated carbocycles. The standard InChI is InChI=1S/C18H18Cl2N2O3S/c1-2-22(26(24,25)12-11-14-7-4-3-5-8-14)13-17(23)21-18-15(19)9-6-10-16(18)20/h3-12H,2,13H2,1H3,(H,21,23)/b12-11+. The number of carbonyl (C=O) groups is 1. The van der Waals surface area contributed by atoms with Crippen LogP contribution >= 0.6 is 23.2 Å². The smallest absolute Gasteiger partial charge is 0.239 e. The summed E-state index contributed by atoms with van der Waals surface area (Å²) in [7, 11) is -3.75. The molecule has 0 heterocycles. The molecule has 0 aliphatic carbocycles. The molecule has 1 amide bonds. The van der Waals surface area contributed by atoms with Gasteiger partial charge in [-0.05, 0) is 23.8 Å². The molecule has 5 nitrogen and oxygen atoms in total. The number of nitrogens with zero attached hydrogens (tertiary/aromatic N) is 1. The normalized spacial score (nSPS) is 11.8. The van der Waals surface area contributed by atoms with Crippen molar-refractivity contribution in [3.05, 3.63) is 69.5 Å². The van der Waals surface area contributed by atoms with Crippen LogP contribution in [0.2, 0.25) is 10.0 Å². The summed E-state index contributed by atoms with van der Waals surface area (Å²) in [5.41, 5.74) is 1.01. The second-order valence-electron chi connectivity index (χ2n) is 5.33. The van der Waals surface area contributed by atoms with Crippen molar-refractivity contribution in [2.24, 2.45) is 0 Å². The fourth-order valence-corrected chi connectivity index (χ4v) is 3.80. The molecule has 0 unspecified atom stereocenters. The molecular formula is C18H18Cl2N2O3S. The third-order valence-electron chi connectivity index (χ3n) is 3.49. The first-order valence-corrected chi connectivity index (χ1v) is 10.1. The van der Waals surface area contributed by atoms with E-state index in [-0.39, 0.29) is 28.8 Å². The van der Waals surface area contributed by atoms with Crippen molar-refractivity contribution in [1.29, 1.82) is 0 Å². The summed E-state index contributed by atoms with van der Waals surface area (Å²) in [5.74, 6) is -0.529. The number of nitrogens with one attached hydrogen (secondary N) is 1. The first-order chi connectivity index (χ1) is 12.3. The fraction of sp³-hybridized carbons (Fsp3) is 0.167. The van der Waals surface area contributed by atoms with E-state index >= 15 is 0 Å². The van der Waals surface area contributed by atoms with Gasteiger partial charge in [-0.1, -0.05) is 66.5 Å². The predicted molar refractivity (Wildman–Crippen MR) is 107 cm³/mol. The first kappa shape index (κ1) is 20.5. The number of amides is 1. The van der Waals surface area contributed by atoms with E-state index < -0.39 is 15.9 Å². The molecule has 0 atom stereocenters. The Morgan fingerprint density at radius 2 is 1.69 bits per heavy atom. The molecule has 26 heavy (non-hydrogen) atoms. The Kier molecular flexibility index (Phi) is 7.23. The van der Waals surface area contributed by atoms with Gasteiger partial charge in [0.25, 0.3) is 0 Å². The Labute approximate surface area is 163 Å². The molecule has 0 saturated heterocycles. The summed E-state index contributed by atoms with van der Waals surface area (Å²) in [5, 5.41) is 4.20. The minimum Gasteiger partial charge on any atom is -0.322 e. The van der Waals surface area contributed by atoms with Crippen LogP contribution in [0.5, 0.6) is 0 Å². The quantitative estimate of drug-likeness (QED) is 0.738. The number of anilines is 1. The minimum absolute atomic E-state index is 0.144. The largest absolute Gasteiger partial charge is 0.322 e. The molecule has 0 spiro atoms. The number of carbonyl (C=O) groups excluding carboxylic acids is 1. The lowest BCUT2D eigenvalue weighted by molar-refractivity contribution is -0.116. The van der Waals surface area contributed by atoms with Gasteiger partial charge < -0.3 is 5.32 Å². The Hall–Kier alpha value is -1.86. The number of rotatable bonds is 7. The summed E-state index contributed by atoms with van der Waals surface area (Å²) in [6.45, 7) is 1.45. The molecule has 0 radical (unpaired) electrons. The van der Waals surface area contributed by atoms with E-state index in [9.17, 15) is 13.2 Å². The number of para-hydroxylation sites is 1. The maximum Gasteiger partial charge on any atom is 0.239 e. The van der Waals surface area contributed by atoms with Gasteiger partial charge in [0.1, 0.15) is 0 Å². The van der Waals surface area contributed by atoms with Crippen molar-refractivity contribution in [3.8, 4) is 0 Å². The number of hydrogen-bond acceptors (Lipinski definition) is 3. The van der Waals surface area contributed by atoms with E-state index in [1.807, 2.05) is 18.2 Å². The van der Waals surface area contributed by atoms with Crippen LogP contribution in [0.25, 0.3) is 6.08 Å². The van der Waals surface area contributed by atoms with E-state index in [1.54, 1.807) is 37.3 Å². The van der Waals surface area contributed by atoms with Gasteiger partial charge in [-0.3, -0.25) is 4.79 Å². The number of likely N-dealkylation sites (N-methyl/N-ethyl adjacent to an activating group) is 1. The molecule has 0 aromatic heterocycles. The second kappa shape index (κ2) is 9.19. The average molecular weight is 413 g/mol. The van der Waals surface area contributed by atoms with Gasteiger partial charge in [0.15, 0.2) is 0 Å².